The van der Waals surface area contributed by atoms with Gasteiger partial charge in [-0.15, -0.1) is 0 Å². The van der Waals surface area contributed by atoms with Gasteiger partial charge < -0.3 is 19.7 Å². The summed E-state index contributed by atoms with van der Waals surface area (Å²) in [5, 5.41) is 13.5. The van der Waals surface area contributed by atoms with Gasteiger partial charge in [0.2, 0.25) is 0 Å². The topological polar surface area (TPSA) is 103 Å². The molecule has 0 fully saturated rings. The van der Waals surface area contributed by atoms with Crippen LogP contribution in [0.5, 0.6) is 5.75 Å². The highest BCUT2D eigenvalue weighted by atomic mass is 16.5. The minimum Gasteiger partial charge on any atom is -0.494 e. The van der Waals surface area contributed by atoms with Crippen molar-refractivity contribution in [3.63, 3.8) is 0 Å². The van der Waals surface area contributed by atoms with Crippen molar-refractivity contribution in [3.8, 4) is 5.75 Å². The number of aromatic nitrogens is 4. The first-order chi connectivity index (χ1) is 12.9. The van der Waals surface area contributed by atoms with E-state index in [-0.39, 0.29) is 6.54 Å². The third kappa shape index (κ3) is 3.72. The van der Waals surface area contributed by atoms with Gasteiger partial charge >= 0.3 is 5.69 Å². The van der Waals surface area contributed by atoms with Gasteiger partial charge in [0, 0.05) is 26.3 Å². The number of imidazole rings is 1. The van der Waals surface area contributed by atoms with E-state index in [1.807, 2.05) is 31.2 Å². The van der Waals surface area contributed by atoms with Crippen molar-refractivity contribution in [1.29, 1.82) is 0 Å². The molecule has 2 heterocycles. The highest BCUT2D eigenvalue weighted by Gasteiger charge is 2.16. The fourth-order valence-corrected chi connectivity index (χ4v) is 2.90. The molecular formula is C18H23N5O4. The molecular weight excluding hydrogens is 350 g/mol. The Labute approximate surface area is 155 Å². The lowest BCUT2D eigenvalue weighted by Crippen LogP contribution is -2.38. The predicted molar refractivity (Wildman–Crippen MR) is 102 cm³/mol. The van der Waals surface area contributed by atoms with Crippen molar-refractivity contribution in [2.45, 2.75) is 19.6 Å². The van der Waals surface area contributed by atoms with E-state index in [2.05, 4.69) is 10.3 Å². The molecule has 0 amide bonds. The quantitative estimate of drug-likeness (QED) is 0.618. The Balaban J connectivity index is 1.72. The first kappa shape index (κ1) is 18.7. The monoisotopic (exact) mass is 373 g/mol. The van der Waals surface area contributed by atoms with Crippen LogP contribution in [0.25, 0.3) is 11.2 Å². The van der Waals surface area contributed by atoms with E-state index in [1.54, 1.807) is 11.6 Å². The summed E-state index contributed by atoms with van der Waals surface area (Å²) < 4.78 is 9.31. The maximum atomic E-state index is 12.4. The molecule has 2 N–H and O–H groups in total. The second kappa shape index (κ2) is 7.67. The summed E-state index contributed by atoms with van der Waals surface area (Å²) in [6.07, 6.45) is 0.710. The van der Waals surface area contributed by atoms with E-state index in [4.69, 9.17) is 4.74 Å². The number of nitrogens with zero attached hydrogens (tertiary/aromatic N) is 4. The second-order valence-corrected chi connectivity index (χ2v) is 6.27. The summed E-state index contributed by atoms with van der Waals surface area (Å²) in [7, 11) is 2.98. The molecule has 0 aliphatic rings. The molecule has 0 spiro atoms. The Morgan fingerprint density at radius 3 is 2.56 bits per heavy atom. The van der Waals surface area contributed by atoms with Crippen molar-refractivity contribution in [3.05, 3.63) is 51.4 Å². The molecule has 0 aliphatic carbocycles. The predicted octanol–water partition coefficient (Wildman–Crippen LogP) is 0.305. The molecule has 1 unspecified atom stereocenters. The molecule has 0 saturated heterocycles. The normalized spacial score (nSPS) is 12.3. The lowest BCUT2D eigenvalue weighted by molar-refractivity contribution is 0.168. The van der Waals surface area contributed by atoms with E-state index >= 15 is 0 Å². The van der Waals surface area contributed by atoms with E-state index in [0.29, 0.717) is 24.3 Å². The zero-order valence-corrected chi connectivity index (χ0v) is 15.5. The van der Waals surface area contributed by atoms with Crippen LogP contribution < -0.4 is 21.3 Å². The number of anilines is 1. The SMILES string of the molecule is CCOc1ccc(NCC(O)Cn2cnc3c2c(=O)n(C)c(=O)n3C)cc1. The van der Waals surface area contributed by atoms with E-state index in [0.717, 1.165) is 16.0 Å². The van der Waals surface area contributed by atoms with Crippen molar-refractivity contribution < 1.29 is 9.84 Å². The van der Waals surface area contributed by atoms with Crippen LogP contribution in [0, 0.1) is 0 Å². The standard InChI is InChI=1S/C18H23N5O4/c1-4-27-14-7-5-12(6-8-14)19-9-13(24)10-23-11-20-16-15(23)17(25)22(3)18(26)21(16)2/h5-8,11,13,19,24H,4,9-10H2,1-3H3. The van der Waals surface area contributed by atoms with Gasteiger partial charge in [-0.3, -0.25) is 13.9 Å². The molecule has 9 nitrogen and oxygen atoms in total. The molecule has 3 aromatic rings. The number of aliphatic hydroxyl groups excluding tert-OH is 1. The van der Waals surface area contributed by atoms with Crippen LogP contribution in [0.2, 0.25) is 0 Å². The number of aryl methyl sites for hydroxylation is 1. The third-order valence-corrected chi connectivity index (χ3v) is 4.33. The van der Waals surface area contributed by atoms with E-state index < -0.39 is 17.4 Å². The smallest absolute Gasteiger partial charge is 0.332 e. The zero-order valence-electron chi connectivity index (χ0n) is 15.5. The lowest BCUT2D eigenvalue weighted by atomic mass is 10.2. The van der Waals surface area contributed by atoms with Crippen LogP contribution in [0.15, 0.2) is 40.2 Å². The fourth-order valence-electron chi connectivity index (χ4n) is 2.90. The van der Waals surface area contributed by atoms with Crippen LogP contribution in [-0.2, 0) is 20.6 Å². The number of fused-ring (bicyclic) bond motifs is 1. The van der Waals surface area contributed by atoms with Crippen molar-refractivity contribution in [2.24, 2.45) is 14.1 Å². The maximum Gasteiger partial charge on any atom is 0.332 e. The van der Waals surface area contributed by atoms with Crippen LogP contribution in [-0.4, -0.2) is 43.0 Å². The molecule has 9 heteroatoms. The Bertz CT molecular complexity index is 1050. The molecule has 27 heavy (non-hydrogen) atoms. The number of ether oxygens (including phenoxy) is 1. The average Bonchev–Trinajstić information content (AvgIpc) is 3.08. The minimum atomic E-state index is -0.754. The molecule has 144 valence electrons. The molecule has 3 rings (SSSR count). The van der Waals surface area contributed by atoms with Crippen molar-refractivity contribution >= 4 is 16.9 Å². The van der Waals surface area contributed by atoms with Crippen molar-refractivity contribution in [1.82, 2.24) is 18.7 Å². The van der Waals surface area contributed by atoms with Crippen LogP contribution in [0.1, 0.15) is 6.92 Å². The maximum absolute atomic E-state index is 12.4. The Hall–Kier alpha value is -3.07. The van der Waals surface area contributed by atoms with Gasteiger partial charge in [0.05, 0.1) is 25.6 Å². The number of hydrogen-bond donors (Lipinski definition) is 2. The summed E-state index contributed by atoms with van der Waals surface area (Å²) in [6.45, 7) is 3.00. The number of nitrogens with one attached hydrogen (secondary N) is 1. The van der Waals surface area contributed by atoms with Crippen molar-refractivity contribution in [2.75, 3.05) is 18.5 Å². The minimum absolute atomic E-state index is 0.175. The highest BCUT2D eigenvalue weighted by Crippen LogP contribution is 2.15. The van der Waals surface area contributed by atoms with Gasteiger partial charge in [-0.2, -0.15) is 0 Å². The van der Waals surface area contributed by atoms with Gasteiger partial charge in [-0.05, 0) is 31.2 Å². The van der Waals surface area contributed by atoms with Crippen LogP contribution in [0.3, 0.4) is 0 Å². The average molecular weight is 373 g/mol. The van der Waals surface area contributed by atoms with Gasteiger partial charge in [-0.25, -0.2) is 9.78 Å². The van der Waals surface area contributed by atoms with E-state index in [9.17, 15) is 14.7 Å². The second-order valence-electron chi connectivity index (χ2n) is 6.27. The van der Waals surface area contributed by atoms with Crippen LogP contribution >= 0.6 is 0 Å². The number of aliphatic hydroxyl groups is 1. The summed E-state index contributed by atoms with van der Waals surface area (Å²) in [4.78, 5) is 28.5. The van der Waals surface area contributed by atoms with Crippen LogP contribution in [0.4, 0.5) is 5.69 Å². The molecule has 0 bridgehead atoms. The van der Waals surface area contributed by atoms with E-state index in [1.165, 1.54) is 17.9 Å². The lowest BCUT2D eigenvalue weighted by Gasteiger charge is -2.14. The largest absolute Gasteiger partial charge is 0.494 e. The molecule has 0 aliphatic heterocycles. The zero-order chi connectivity index (χ0) is 19.6. The number of benzene rings is 1. The third-order valence-electron chi connectivity index (χ3n) is 4.33. The number of rotatable bonds is 7. The van der Waals surface area contributed by atoms with Gasteiger partial charge in [0.1, 0.15) is 5.75 Å². The van der Waals surface area contributed by atoms with Gasteiger partial charge in [0.25, 0.3) is 5.56 Å². The summed E-state index contributed by atoms with van der Waals surface area (Å²) in [5.41, 5.74) is 0.577. The summed E-state index contributed by atoms with van der Waals surface area (Å²) in [5.74, 6) is 0.787. The Morgan fingerprint density at radius 1 is 1.19 bits per heavy atom. The summed E-state index contributed by atoms with van der Waals surface area (Å²) >= 11 is 0. The highest BCUT2D eigenvalue weighted by molar-refractivity contribution is 5.69. The molecule has 0 radical (unpaired) electrons. The molecule has 1 aromatic carbocycles. The first-order valence-electron chi connectivity index (χ1n) is 8.68. The molecule has 1 atom stereocenters. The Kier molecular flexibility index (Phi) is 5.31. The van der Waals surface area contributed by atoms with Gasteiger partial charge in [-0.1, -0.05) is 0 Å². The van der Waals surface area contributed by atoms with Gasteiger partial charge in [0.15, 0.2) is 11.2 Å². The Morgan fingerprint density at radius 2 is 1.89 bits per heavy atom. The molecule has 0 saturated carbocycles. The fraction of sp³-hybridized carbons (Fsp3) is 0.389. The first-order valence-corrected chi connectivity index (χ1v) is 8.68. The molecule has 2 aromatic heterocycles. The summed E-state index contributed by atoms with van der Waals surface area (Å²) in [6, 6.07) is 7.45. The number of hydrogen-bond acceptors (Lipinski definition) is 6.